The van der Waals surface area contributed by atoms with Crippen LogP contribution in [0.1, 0.15) is 50.1 Å². The molecular weight excluding hydrogens is 310 g/mol. The van der Waals surface area contributed by atoms with Crippen LogP contribution < -0.4 is 10.6 Å². The summed E-state index contributed by atoms with van der Waals surface area (Å²) < 4.78 is 0. The molecule has 1 unspecified atom stereocenters. The Labute approximate surface area is 141 Å². The molecule has 2 fully saturated rings. The number of likely N-dealkylation sites (tertiary alicyclic amines) is 1. The smallest absolute Gasteiger partial charge is 0.309 e. The minimum absolute atomic E-state index is 0.173. The average molecular weight is 335 g/mol. The molecular formula is C17H25N3O2S. The summed E-state index contributed by atoms with van der Waals surface area (Å²) >= 11 is 1.67. The third-order valence-electron chi connectivity index (χ3n) is 4.86. The maximum Gasteiger partial charge on any atom is 0.309 e. The van der Waals surface area contributed by atoms with Crippen LogP contribution in [0.15, 0.2) is 16.8 Å². The van der Waals surface area contributed by atoms with E-state index in [1.807, 2.05) is 0 Å². The summed E-state index contributed by atoms with van der Waals surface area (Å²) in [6, 6.07) is 2.46. The molecule has 0 radical (unpaired) electrons. The van der Waals surface area contributed by atoms with Crippen molar-refractivity contribution < 1.29 is 9.59 Å². The van der Waals surface area contributed by atoms with Crippen molar-refractivity contribution in [2.75, 3.05) is 19.6 Å². The first-order valence-electron chi connectivity index (χ1n) is 8.59. The molecule has 1 aromatic heterocycles. The molecule has 0 bridgehead atoms. The van der Waals surface area contributed by atoms with Gasteiger partial charge in [0, 0.05) is 12.6 Å². The first-order valence-corrected chi connectivity index (χ1v) is 9.53. The molecule has 1 aromatic rings. The van der Waals surface area contributed by atoms with Gasteiger partial charge in [0.25, 0.3) is 0 Å². The molecule has 1 atom stereocenters. The predicted molar refractivity (Wildman–Crippen MR) is 91.3 cm³/mol. The van der Waals surface area contributed by atoms with Crippen molar-refractivity contribution in [3.63, 3.8) is 0 Å². The Morgan fingerprint density at radius 3 is 2.57 bits per heavy atom. The van der Waals surface area contributed by atoms with Crippen LogP contribution in [-0.4, -0.2) is 42.4 Å². The highest BCUT2D eigenvalue weighted by Crippen LogP contribution is 2.26. The lowest BCUT2D eigenvalue weighted by Gasteiger charge is -2.27. The Bertz CT molecular complexity index is 520. The van der Waals surface area contributed by atoms with E-state index in [0.717, 1.165) is 38.8 Å². The van der Waals surface area contributed by atoms with Gasteiger partial charge in [-0.1, -0.05) is 12.8 Å². The quantitative estimate of drug-likeness (QED) is 0.810. The molecule has 5 nitrogen and oxygen atoms in total. The molecule has 23 heavy (non-hydrogen) atoms. The normalized spacial score (nSPS) is 20.5. The van der Waals surface area contributed by atoms with Crippen molar-refractivity contribution in [2.45, 2.75) is 50.6 Å². The number of hydrogen-bond acceptors (Lipinski definition) is 4. The number of carbonyl (C=O) groups is 2. The van der Waals surface area contributed by atoms with Gasteiger partial charge in [-0.25, -0.2) is 0 Å². The Morgan fingerprint density at radius 1 is 1.17 bits per heavy atom. The highest BCUT2D eigenvalue weighted by atomic mass is 32.1. The first-order chi connectivity index (χ1) is 11.2. The molecule has 1 aliphatic carbocycles. The van der Waals surface area contributed by atoms with Gasteiger partial charge in [-0.3, -0.25) is 14.5 Å². The summed E-state index contributed by atoms with van der Waals surface area (Å²) in [4.78, 5) is 26.5. The first kappa shape index (κ1) is 16.5. The Kier molecular flexibility index (Phi) is 5.67. The number of amides is 2. The van der Waals surface area contributed by atoms with E-state index in [4.69, 9.17) is 0 Å². The van der Waals surface area contributed by atoms with E-state index in [0.29, 0.717) is 6.54 Å². The summed E-state index contributed by atoms with van der Waals surface area (Å²) in [7, 11) is 0. The zero-order chi connectivity index (χ0) is 16.1. The van der Waals surface area contributed by atoms with Gasteiger partial charge in [-0.05, 0) is 61.2 Å². The van der Waals surface area contributed by atoms with Crippen molar-refractivity contribution >= 4 is 23.2 Å². The van der Waals surface area contributed by atoms with Gasteiger partial charge in [-0.15, -0.1) is 0 Å². The molecule has 3 rings (SSSR count). The van der Waals surface area contributed by atoms with Crippen LogP contribution in [-0.2, 0) is 9.59 Å². The van der Waals surface area contributed by atoms with E-state index in [1.54, 1.807) is 11.3 Å². The van der Waals surface area contributed by atoms with E-state index in [2.05, 4.69) is 32.4 Å². The summed E-state index contributed by atoms with van der Waals surface area (Å²) in [5.41, 5.74) is 1.23. The largest absolute Gasteiger partial charge is 0.346 e. The van der Waals surface area contributed by atoms with E-state index < -0.39 is 11.8 Å². The molecule has 1 aliphatic heterocycles. The van der Waals surface area contributed by atoms with Gasteiger partial charge >= 0.3 is 11.8 Å². The van der Waals surface area contributed by atoms with Gasteiger partial charge in [0.05, 0.1) is 6.04 Å². The van der Waals surface area contributed by atoms with Gasteiger partial charge in [-0.2, -0.15) is 11.3 Å². The predicted octanol–water partition coefficient (Wildman–Crippen LogP) is 2.06. The van der Waals surface area contributed by atoms with Crippen molar-refractivity contribution in [2.24, 2.45) is 0 Å². The summed E-state index contributed by atoms with van der Waals surface area (Å²) in [6.45, 7) is 2.61. The summed E-state index contributed by atoms with van der Waals surface area (Å²) in [5.74, 6) is -0.987. The number of nitrogens with one attached hydrogen (secondary N) is 2. The Balaban J connectivity index is 1.53. The van der Waals surface area contributed by atoms with Gasteiger partial charge in [0.15, 0.2) is 0 Å². The van der Waals surface area contributed by atoms with Gasteiger partial charge in [0.2, 0.25) is 0 Å². The second-order valence-electron chi connectivity index (χ2n) is 6.48. The van der Waals surface area contributed by atoms with Crippen LogP contribution in [0.4, 0.5) is 0 Å². The van der Waals surface area contributed by atoms with Crippen LogP contribution >= 0.6 is 11.3 Å². The van der Waals surface area contributed by atoms with E-state index in [-0.39, 0.29) is 12.1 Å². The number of thiophene rings is 1. The van der Waals surface area contributed by atoms with Gasteiger partial charge in [0.1, 0.15) is 0 Å². The third-order valence-corrected chi connectivity index (χ3v) is 5.56. The highest BCUT2D eigenvalue weighted by Gasteiger charge is 2.26. The highest BCUT2D eigenvalue weighted by molar-refractivity contribution is 7.07. The maximum atomic E-state index is 12.1. The fourth-order valence-corrected chi connectivity index (χ4v) is 4.27. The summed E-state index contributed by atoms with van der Waals surface area (Å²) in [6.07, 6.45) is 6.67. The molecule has 2 amide bonds. The second kappa shape index (κ2) is 7.93. The topological polar surface area (TPSA) is 61.4 Å². The summed E-state index contributed by atoms with van der Waals surface area (Å²) in [5, 5.41) is 9.87. The number of hydrogen-bond donors (Lipinski definition) is 2. The fourth-order valence-electron chi connectivity index (χ4n) is 3.57. The van der Waals surface area contributed by atoms with Crippen LogP contribution in [0, 0.1) is 0 Å². The Hall–Kier alpha value is -1.40. The minimum Gasteiger partial charge on any atom is -0.346 e. The van der Waals surface area contributed by atoms with Crippen LogP contribution in [0.25, 0.3) is 0 Å². The molecule has 126 valence electrons. The molecule has 0 aromatic carbocycles. The average Bonchev–Trinajstić information content (AvgIpc) is 3.31. The lowest BCUT2D eigenvalue weighted by molar-refractivity contribution is -0.139. The maximum absolute atomic E-state index is 12.1. The molecule has 2 aliphatic rings. The van der Waals surface area contributed by atoms with E-state index in [9.17, 15) is 9.59 Å². The number of rotatable bonds is 5. The number of carbonyl (C=O) groups excluding carboxylic acids is 2. The lowest BCUT2D eigenvalue weighted by Crippen LogP contribution is -2.46. The second-order valence-corrected chi connectivity index (χ2v) is 7.26. The molecule has 1 saturated heterocycles. The SMILES string of the molecule is O=C(NCC(c1ccsc1)N1CCCC1)C(=O)NC1CCCC1. The molecule has 6 heteroatoms. The van der Waals surface area contributed by atoms with Crippen LogP contribution in [0.2, 0.25) is 0 Å². The van der Waals surface area contributed by atoms with Crippen molar-refractivity contribution in [1.29, 1.82) is 0 Å². The fraction of sp³-hybridized carbons (Fsp3) is 0.647. The number of nitrogens with zero attached hydrogens (tertiary/aromatic N) is 1. The zero-order valence-electron chi connectivity index (χ0n) is 13.4. The molecule has 1 saturated carbocycles. The molecule has 2 heterocycles. The molecule has 2 N–H and O–H groups in total. The zero-order valence-corrected chi connectivity index (χ0v) is 14.2. The van der Waals surface area contributed by atoms with Crippen molar-refractivity contribution in [1.82, 2.24) is 15.5 Å². The van der Waals surface area contributed by atoms with Gasteiger partial charge < -0.3 is 10.6 Å². The Morgan fingerprint density at radius 2 is 1.91 bits per heavy atom. The lowest BCUT2D eigenvalue weighted by atomic mass is 10.1. The van der Waals surface area contributed by atoms with E-state index in [1.165, 1.54) is 18.4 Å². The van der Waals surface area contributed by atoms with Crippen molar-refractivity contribution in [3.8, 4) is 0 Å². The van der Waals surface area contributed by atoms with E-state index >= 15 is 0 Å². The standard InChI is InChI=1S/C17H25N3O2S/c21-16(17(22)19-14-5-1-2-6-14)18-11-15(13-7-10-23-12-13)20-8-3-4-9-20/h7,10,12,14-15H,1-6,8-9,11H2,(H,18,21)(H,19,22). The third kappa shape index (κ3) is 4.32. The van der Waals surface area contributed by atoms with Crippen LogP contribution in [0.5, 0.6) is 0 Å². The monoisotopic (exact) mass is 335 g/mol. The molecule has 0 spiro atoms. The van der Waals surface area contributed by atoms with Crippen LogP contribution in [0.3, 0.4) is 0 Å². The minimum atomic E-state index is -0.503. The van der Waals surface area contributed by atoms with Crippen molar-refractivity contribution in [3.05, 3.63) is 22.4 Å².